The van der Waals surface area contributed by atoms with Gasteiger partial charge in [-0.05, 0) is 23.8 Å². The maximum absolute atomic E-state index is 13.5. The number of hydrogen-bond donors (Lipinski definition) is 1. The highest BCUT2D eigenvalue weighted by Crippen LogP contribution is 2.40. The third-order valence-electron chi connectivity index (χ3n) is 5.00. The van der Waals surface area contributed by atoms with Gasteiger partial charge >= 0.3 is 5.97 Å². The maximum Gasteiger partial charge on any atom is 0.356 e. The van der Waals surface area contributed by atoms with Gasteiger partial charge in [0.2, 0.25) is 5.91 Å². The van der Waals surface area contributed by atoms with Crippen LogP contribution in [0.5, 0.6) is 0 Å². The fourth-order valence-corrected chi connectivity index (χ4v) is 5.23. The Labute approximate surface area is 186 Å². The average molecular weight is 449 g/mol. The number of carbonyl (C=O) groups excluding carboxylic acids is 2. The summed E-state index contributed by atoms with van der Waals surface area (Å²) in [5, 5.41) is 2.66. The number of sulfonamides is 1. The van der Waals surface area contributed by atoms with Crippen LogP contribution in [0.25, 0.3) is 5.57 Å². The Morgan fingerprint density at radius 1 is 0.875 bits per heavy atom. The second-order valence-electron chi connectivity index (χ2n) is 7.00. The number of nitrogens with zero attached hydrogens (tertiary/aromatic N) is 1. The van der Waals surface area contributed by atoms with Crippen LogP contribution < -0.4 is 5.32 Å². The van der Waals surface area contributed by atoms with E-state index in [4.69, 9.17) is 4.74 Å². The molecule has 0 radical (unpaired) electrons. The predicted octanol–water partition coefficient (Wildman–Crippen LogP) is 3.26. The van der Waals surface area contributed by atoms with Crippen LogP contribution in [0.1, 0.15) is 11.1 Å². The lowest BCUT2D eigenvalue weighted by Crippen LogP contribution is -2.43. The van der Waals surface area contributed by atoms with E-state index in [-0.39, 0.29) is 10.6 Å². The van der Waals surface area contributed by atoms with E-state index in [1.165, 1.54) is 13.2 Å². The van der Waals surface area contributed by atoms with Crippen molar-refractivity contribution in [1.29, 1.82) is 0 Å². The SMILES string of the molecule is COC(=O)C1=C(c2ccccc2)c2ccccc2S(=O)(=O)N1CC(=O)Nc1ccccc1. The number of ether oxygens (including phenoxy) is 1. The topological polar surface area (TPSA) is 92.8 Å². The third kappa shape index (κ3) is 3.88. The summed E-state index contributed by atoms with van der Waals surface area (Å²) >= 11 is 0. The van der Waals surface area contributed by atoms with Crippen LogP contribution in [0.15, 0.2) is 95.5 Å². The molecule has 1 heterocycles. The minimum absolute atomic E-state index is 0.0130. The van der Waals surface area contributed by atoms with Crippen molar-refractivity contribution in [1.82, 2.24) is 4.31 Å². The fraction of sp³-hybridized carbons (Fsp3) is 0.0833. The van der Waals surface area contributed by atoms with Gasteiger partial charge in [-0.25, -0.2) is 17.5 Å². The van der Waals surface area contributed by atoms with E-state index in [1.807, 2.05) is 6.07 Å². The van der Waals surface area contributed by atoms with Gasteiger partial charge in [0.25, 0.3) is 10.0 Å². The molecule has 0 aromatic heterocycles. The number of para-hydroxylation sites is 1. The van der Waals surface area contributed by atoms with Crippen LogP contribution in [0.4, 0.5) is 5.69 Å². The van der Waals surface area contributed by atoms with Crippen LogP contribution >= 0.6 is 0 Å². The summed E-state index contributed by atoms with van der Waals surface area (Å²) in [6, 6.07) is 24.0. The molecule has 1 aliphatic heterocycles. The van der Waals surface area contributed by atoms with E-state index < -0.39 is 28.4 Å². The summed E-state index contributed by atoms with van der Waals surface area (Å²) in [6.45, 7) is -0.591. The van der Waals surface area contributed by atoms with E-state index in [0.29, 0.717) is 22.4 Å². The zero-order chi connectivity index (χ0) is 22.7. The average Bonchev–Trinajstić information content (AvgIpc) is 2.81. The van der Waals surface area contributed by atoms with Gasteiger partial charge in [0.15, 0.2) is 0 Å². The molecule has 0 saturated carbocycles. The molecule has 1 amide bonds. The Hall–Kier alpha value is -3.91. The third-order valence-corrected chi connectivity index (χ3v) is 6.80. The first kappa shape index (κ1) is 21.3. The number of fused-ring (bicyclic) bond motifs is 1. The highest BCUT2D eigenvalue weighted by Gasteiger charge is 2.41. The fourth-order valence-electron chi connectivity index (χ4n) is 3.60. The van der Waals surface area contributed by atoms with Gasteiger partial charge in [-0.3, -0.25) is 4.79 Å². The molecule has 1 aliphatic rings. The second-order valence-corrected chi connectivity index (χ2v) is 8.83. The number of benzene rings is 3. The van der Waals surface area contributed by atoms with Crippen molar-refractivity contribution in [3.63, 3.8) is 0 Å². The van der Waals surface area contributed by atoms with Gasteiger partial charge in [0, 0.05) is 16.8 Å². The molecular weight excluding hydrogens is 428 g/mol. The van der Waals surface area contributed by atoms with E-state index in [0.717, 1.165) is 4.31 Å². The van der Waals surface area contributed by atoms with Crippen molar-refractivity contribution in [2.24, 2.45) is 0 Å². The van der Waals surface area contributed by atoms with Crippen molar-refractivity contribution in [3.8, 4) is 0 Å². The van der Waals surface area contributed by atoms with Gasteiger partial charge in [-0.1, -0.05) is 66.7 Å². The predicted molar refractivity (Wildman–Crippen MR) is 120 cm³/mol. The number of carbonyl (C=O) groups is 2. The van der Waals surface area contributed by atoms with E-state index in [1.54, 1.807) is 72.8 Å². The quantitative estimate of drug-likeness (QED) is 0.605. The van der Waals surface area contributed by atoms with Gasteiger partial charge in [0.05, 0.1) is 12.0 Å². The number of esters is 1. The number of nitrogens with one attached hydrogen (secondary N) is 1. The Balaban J connectivity index is 1.89. The summed E-state index contributed by atoms with van der Waals surface area (Å²) in [5.41, 5.74) is 1.69. The molecule has 162 valence electrons. The Morgan fingerprint density at radius 3 is 2.12 bits per heavy atom. The normalized spacial score (nSPS) is 14.5. The first-order valence-corrected chi connectivity index (χ1v) is 11.2. The Bertz CT molecular complexity index is 1300. The van der Waals surface area contributed by atoms with Crippen molar-refractivity contribution in [3.05, 3.63) is 102 Å². The lowest BCUT2D eigenvalue weighted by molar-refractivity contribution is -0.137. The monoisotopic (exact) mass is 448 g/mol. The number of anilines is 1. The number of hydrogen-bond acceptors (Lipinski definition) is 5. The minimum Gasteiger partial charge on any atom is -0.464 e. The van der Waals surface area contributed by atoms with Crippen LogP contribution in [0.2, 0.25) is 0 Å². The molecule has 1 N–H and O–H groups in total. The maximum atomic E-state index is 13.5. The van der Waals surface area contributed by atoms with E-state index in [9.17, 15) is 18.0 Å². The van der Waals surface area contributed by atoms with Crippen molar-refractivity contribution >= 4 is 33.2 Å². The molecular formula is C24H20N2O5S. The summed E-state index contributed by atoms with van der Waals surface area (Å²) in [7, 11) is -3.03. The highest BCUT2D eigenvalue weighted by molar-refractivity contribution is 7.89. The summed E-state index contributed by atoms with van der Waals surface area (Å²) < 4.78 is 32.8. The number of methoxy groups -OCH3 is 1. The summed E-state index contributed by atoms with van der Waals surface area (Å²) in [6.07, 6.45) is 0. The summed E-state index contributed by atoms with van der Waals surface area (Å²) in [4.78, 5) is 25.7. The zero-order valence-corrected chi connectivity index (χ0v) is 18.0. The van der Waals surface area contributed by atoms with Crippen molar-refractivity contribution in [2.75, 3.05) is 19.0 Å². The molecule has 32 heavy (non-hydrogen) atoms. The smallest absolute Gasteiger partial charge is 0.356 e. The molecule has 3 aromatic rings. The Kier molecular flexibility index (Phi) is 5.79. The van der Waals surface area contributed by atoms with Gasteiger partial charge in [0.1, 0.15) is 12.2 Å². The molecule has 0 bridgehead atoms. The lowest BCUT2D eigenvalue weighted by atomic mass is 9.95. The molecule has 0 fully saturated rings. The molecule has 0 atom stereocenters. The molecule has 4 rings (SSSR count). The second kappa shape index (κ2) is 8.68. The molecule has 3 aromatic carbocycles. The van der Waals surface area contributed by atoms with Gasteiger partial charge < -0.3 is 10.1 Å². The zero-order valence-electron chi connectivity index (χ0n) is 17.2. The molecule has 8 heteroatoms. The van der Waals surface area contributed by atoms with Crippen LogP contribution in [0, 0.1) is 0 Å². The lowest BCUT2D eigenvalue weighted by Gasteiger charge is -2.32. The minimum atomic E-state index is -4.20. The standard InChI is InChI=1S/C24H20N2O5S/c1-31-24(28)23-22(17-10-4-2-5-11-17)19-14-8-9-15-20(19)32(29,30)26(23)16-21(27)25-18-12-6-3-7-13-18/h2-15H,16H2,1H3,(H,25,27). The van der Waals surface area contributed by atoms with Gasteiger partial charge in [-0.2, -0.15) is 0 Å². The van der Waals surface area contributed by atoms with Crippen molar-refractivity contribution in [2.45, 2.75) is 4.90 Å². The molecule has 0 spiro atoms. The highest BCUT2D eigenvalue weighted by atomic mass is 32.2. The van der Waals surface area contributed by atoms with E-state index in [2.05, 4.69) is 5.32 Å². The van der Waals surface area contributed by atoms with E-state index >= 15 is 0 Å². The van der Waals surface area contributed by atoms with Crippen LogP contribution in [-0.4, -0.2) is 38.3 Å². The summed E-state index contributed by atoms with van der Waals surface area (Å²) in [5.74, 6) is -1.44. The van der Waals surface area contributed by atoms with Crippen LogP contribution in [0.3, 0.4) is 0 Å². The number of amides is 1. The Morgan fingerprint density at radius 2 is 1.47 bits per heavy atom. The molecule has 0 saturated heterocycles. The number of rotatable bonds is 5. The molecule has 0 aliphatic carbocycles. The first-order valence-electron chi connectivity index (χ1n) is 9.78. The first-order chi connectivity index (χ1) is 15.4. The van der Waals surface area contributed by atoms with Crippen molar-refractivity contribution < 1.29 is 22.7 Å². The largest absolute Gasteiger partial charge is 0.464 e. The van der Waals surface area contributed by atoms with Gasteiger partial charge in [-0.15, -0.1) is 0 Å². The molecule has 0 unspecified atom stereocenters. The van der Waals surface area contributed by atoms with Crippen LogP contribution in [-0.2, 0) is 24.3 Å². The molecule has 7 nitrogen and oxygen atoms in total.